The highest BCUT2D eigenvalue weighted by Crippen LogP contribution is 2.07. The van der Waals surface area contributed by atoms with Crippen molar-refractivity contribution in [3.8, 4) is 0 Å². The van der Waals surface area contributed by atoms with E-state index in [1.54, 1.807) is 15.6 Å². The maximum atomic E-state index is 12.6. The number of hydrogen-bond acceptors (Lipinski definition) is 4. The van der Waals surface area contributed by atoms with Crippen LogP contribution in [0.15, 0.2) is 42.6 Å². The Kier molecular flexibility index (Phi) is 4.32. The molecule has 6 nitrogen and oxygen atoms in total. The smallest absolute Gasteiger partial charge is 0.293 e. The van der Waals surface area contributed by atoms with Gasteiger partial charge in [-0.3, -0.25) is 4.79 Å². The van der Waals surface area contributed by atoms with Crippen LogP contribution in [-0.2, 0) is 6.42 Å². The number of hydrogen-bond donors (Lipinski definition) is 0. The van der Waals surface area contributed by atoms with Crippen molar-refractivity contribution in [2.45, 2.75) is 20.3 Å². The van der Waals surface area contributed by atoms with E-state index < -0.39 is 0 Å². The Morgan fingerprint density at radius 3 is 2.70 bits per heavy atom. The molecule has 0 atom stereocenters. The monoisotopic (exact) mass is 309 g/mol. The molecular weight excluding hydrogens is 290 g/mol. The Balaban J connectivity index is 1.77. The minimum Gasteiger partial charge on any atom is -0.336 e. The van der Waals surface area contributed by atoms with Gasteiger partial charge in [-0.15, -0.1) is 5.10 Å². The lowest BCUT2D eigenvalue weighted by molar-refractivity contribution is 0.0754. The van der Waals surface area contributed by atoms with Crippen LogP contribution in [0.5, 0.6) is 0 Å². The van der Waals surface area contributed by atoms with E-state index in [9.17, 15) is 4.79 Å². The molecule has 0 spiro atoms. The molecule has 0 aliphatic carbocycles. The number of fused-ring (bicyclic) bond motifs is 1. The molecule has 1 amide bonds. The van der Waals surface area contributed by atoms with E-state index in [0.717, 1.165) is 12.1 Å². The molecule has 0 aliphatic rings. The first-order valence-corrected chi connectivity index (χ1v) is 7.70. The van der Waals surface area contributed by atoms with E-state index in [4.69, 9.17) is 0 Å². The molecule has 0 aliphatic heterocycles. The molecular formula is C17H19N5O. The van der Waals surface area contributed by atoms with Gasteiger partial charge < -0.3 is 4.90 Å². The van der Waals surface area contributed by atoms with Gasteiger partial charge in [-0.2, -0.15) is 4.98 Å². The molecule has 3 aromatic rings. The molecule has 23 heavy (non-hydrogen) atoms. The lowest BCUT2D eigenvalue weighted by Crippen LogP contribution is -2.33. The summed E-state index contributed by atoms with van der Waals surface area (Å²) in [7, 11) is 0. The first-order chi connectivity index (χ1) is 11.2. The molecule has 0 N–H and O–H groups in total. The largest absolute Gasteiger partial charge is 0.336 e. The summed E-state index contributed by atoms with van der Waals surface area (Å²) in [5.41, 5.74) is 2.10. The number of aromatic nitrogens is 4. The predicted octanol–water partition coefficient (Wildman–Crippen LogP) is 2.14. The van der Waals surface area contributed by atoms with Crippen LogP contribution in [0.1, 0.15) is 28.8 Å². The van der Waals surface area contributed by atoms with E-state index in [1.165, 1.54) is 5.56 Å². The Morgan fingerprint density at radius 1 is 1.22 bits per heavy atom. The van der Waals surface area contributed by atoms with E-state index in [-0.39, 0.29) is 11.7 Å². The van der Waals surface area contributed by atoms with E-state index in [1.807, 2.05) is 38.1 Å². The molecule has 0 saturated heterocycles. The fraction of sp³-hybridized carbons (Fsp3) is 0.294. The second-order valence-electron chi connectivity index (χ2n) is 5.35. The average molecular weight is 309 g/mol. The number of aryl methyl sites for hydroxylation is 1. The standard InChI is InChI=1S/C17H19N5O/c1-3-21(12-10-14-7-5-4-6-8-14)16(23)15-19-17-18-11-9-13(2)22(17)20-15/h4-9,11H,3,10,12H2,1-2H3. The SMILES string of the molecule is CCN(CCc1ccccc1)C(=O)c1nc2nccc(C)n2n1. The average Bonchev–Trinajstić information content (AvgIpc) is 3.02. The van der Waals surface area contributed by atoms with Gasteiger partial charge >= 0.3 is 0 Å². The summed E-state index contributed by atoms with van der Waals surface area (Å²) in [4.78, 5) is 22.8. The van der Waals surface area contributed by atoms with Crippen LogP contribution in [0.3, 0.4) is 0 Å². The minimum atomic E-state index is -0.159. The van der Waals surface area contributed by atoms with Crippen molar-refractivity contribution < 1.29 is 4.79 Å². The molecule has 0 unspecified atom stereocenters. The van der Waals surface area contributed by atoms with E-state index in [2.05, 4.69) is 27.2 Å². The van der Waals surface area contributed by atoms with Crippen LogP contribution < -0.4 is 0 Å². The summed E-state index contributed by atoms with van der Waals surface area (Å²) >= 11 is 0. The molecule has 0 bridgehead atoms. The van der Waals surface area contributed by atoms with Crippen LogP contribution in [0.2, 0.25) is 0 Å². The molecule has 0 fully saturated rings. The van der Waals surface area contributed by atoms with Crippen LogP contribution >= 0.6 is 0 Å². The molecule has 3 rings (SSSR count). The van der Waals surface area contributed by atoms with E-state index in [0.29, 0.717) is 18.9 Å². The summed E-state index contributed by atoms with van der Waals surface area (Å²) < 4.78 is 1.60. The predicted molar refractivity (Wildman–Crippen MR) is 87.2 cm³/mol. The zero-order valence-corrected chi connectivity index (χ0v) is 13.3. The summed E-state index contributed by atoms with van der Waals surface area (Å²) in [6.07, 6.45) is 2.48. The van der Waals surface area contributed by atoms with Crippen molar-refractivity contribution in [2.75, 3.05) is 13.1 Å². The van der Waals surface area contributed by atoms with Gasteiger partial charge in [-0.05, 0) is 31.9 Å². The molecule has 118 valence electrons. The van der Waals surface area contributed by atoms with Gasteiger partial charge in [0, 0.05) is 25.0 Å². The summed E-state index contributed by atoms with van der Waals surface area (Å²) in [6.45, 7) is 5.13. The third-order valence-electron chi connectivity index (χ3n) is 3.80. The molecule has 6 heteroatoms. The normalized spacial score (nSPS) is 10.9. The number of nitrogens with zero attached hydrogens (tertiary/aromatic N) is 5. The van der Waals surface area contributed by atoms with Gasteiger partial charge in [-0.1, -0.05) is 30.3 Å². The Bertz CT molecular complexity index is 812. The molecule has 2 heterocycles. The van der Waals surface area contributed by atoms with Crippen LogP contribution in [0.4, 0.5) is 0 Å². The highest BCUT2D eigenvalue weighted by Gasteiger charge is 2.20. The summed E-state index contributed by atoms with van der Waals surface area (Å²) in [5, 5.41) is 4.29. The van der Waals surface area contributed by atoms with Gasteiger partial charge in [0.25, 0.3) is 11.7 Å². The molecule has 0 radical (unpaired) electrons. The van der Waals surface area contributed by atoms with Gasteiger partial charge in [0.05, 0.1) is 0 Å². The fourth-order valence-corrected chi connectivity index (χ4v) is 2.45. The number of benzene rings is 1. The Hall–Kier alpha value is -2.76. The lowest BCUT2D eigenvalue weighted by atomic mass is 10.1. The van der Waals surface area contributed by atoms with Crippen LogP contribution in [0.25, 0.3) is 5.78 Å². The zero-order chi connectivity index (χ0) is 16.2. The number of amides is 1. The van der Waals surface area contributed by atoms with Gasteiger partial charge in [0.1, 0.15) is 0 Å². The van der Waals surface area contributed by atoms with E-state index >= 15 is 0 Å². The first-order valence-electron chi connectivity index (χ1n) is 7.70. The second kappa shape index (κ2) is 6.56. The second-order valence-corrected chi connectivity index (χ2v) is 5.35. The summed E-state index contributed by atoms with van der Waals surface area (Å²) in [6, 6.07) is 12.0. The fourth-order valence-electron chi connectivity index (χ4n) is 2.45. The highest BCUT2D eigenvalue weighted by atomic mass is 16.2. The quantitative estimate of drug-likeness (QED) is 0.724. The third kappa shape index (κ3) is 3.21. The maximum Gasteiger partial charge on any atom is 0.293 e. The maximum absolute atomic E-state index is 12.6. The number of rotatable bonds is 5. The third-order valence-corrected chi connectivity index (χ3v) is 3.80. The summed E-state index contributed by atoms with van der Waals surface area (Å²) in [5.74, 6) is 0.488. The first kappa shape index (κ1) is 15.1. The van der Waals surface area contributed by atoms with Crippen LogP contribution in [0, 0.1) is 6.92 Å². The van der Waals surface area contributed by atoms with Crippen molar-refractivity contribution in [3.63, 3.8) is 0 Å². The van der Waals surface area contributed by atoms with Gasteiger partial charge in [-0.25, -0.2) is 9.50 Å². The zero-order valence-electron chi connectivity index (χ0n) is 13.3. The Morgan fingerprint density at radius 2 is 2.00 bits per heavy atom. The molecule has 1 aromatic carbocycles. The van der Waals surface area contributed by atoms with Crippen molar-refractivity contribution in [1.82, 2.24) is 24.5 Å². The topological polar surface area (TPSA) is 63.4 Å². The van der Waals surface area contributed by atoms with Crippen LogP contribution in [-0.4, -0.2) is 43.5 Å². The van der Waals surface area contributed by atoms with Crippen molar-refractivity contribution >= 4 is 11.7 Å². The Labute approximate surface area is 134 Å². The molecule has 2 aromatic heterocycles. The lowest BCUT2D eigenvalue weighted by Gasteiger charge is -2.19. The van der Waals surface area contributed by atoms with Gasteiger partial charge in [0.15, 0.2) is 0 Å². The van der Waals surface area contributed by atoms with Crippen molar-refractivity contribution in [2.24, 2.45) is 0 Å². The number of likely N-dealkylation sites (N-methyl/N-ethyl adjacent to an activating group) is 1. The number of carbonyl (C=O) groups excluding carboxylic acids is 1. The number of carbonyl (C=O) groups is 1. The van der Waals surface area contributed by atoms with Crippen molar-refractivity contribution in [1.29, 1.82) is 0 Å². The minimum absolute atomic E-state index is 0.159. The van der Waals surface area contributed by atoms with Crippen molar-refractivity contribution in [3.05, 3.63) is 59.7 Å². The highest BCUT2D eigenvalue weighted by molar-refractivity contribution is 5.90. The van der Waals surface area contributed by atoms with Gasteiger partial charge in [0.2, 0.25) is 5.82 Å². The molecule has 0 saturated carbocycles.